The monoisotopic (exact) mass is 524 g/mol. The molecule has 1 saturated heterocycles. The molecule has 30 heavy (non-hydrogen) atoms. The van der Waals surface area contributed by atoms with Crippen molar-refractivity contribution in [3.8, 4) is 5.75 Å². The molecule has 0 aliphatic carbocycles. The van der Waals surface area contributed by atoms with Gasteiger partial charge < -0.3 is 20.1 Å². The zero-order valence-corrected chi connectivity index (χ0v) is 20.4. The van der Waals surface area contributed by atoms with E-state index >= 15 is 0 Å². The van der Waals surface area contributed by atoms with E-state index in [0.717, 1.165) is 56.7 Å². The molecule has 1 fully saturated rings. The lowest BCUT2D eigenvalue weighted by Gasteiger charge is -2.27. The van der Waals surface area contributed by atoms with E-state index in [2.05, 4.69) is 69.9 Å². The van der Waals surface area contributed by atoms with Crippen molar-refractivity contribution >= 4 is 29.9 Å². The van der Waals surface area contributed by atoms with Crippen LogP contribution in [-0.4, -0.2) is 51.3 Å². The Morgan fingerprint density at radius 2 is 1.70 bits per heavy atom. The molecular weight excluding hydrogens is 491 g/mol. The van der Waals surface area contributed by atoms with Gasteiger partial charge in [0.25, 0.3) is 0 Å². The lowest BCUT2D eigenvalue weighted by Crippen LogP contribution is -2.37. The minimum absolute atomic E-state index is 0. The fraction of sp³-hybridized carbons (Fsp3) is 0.435. The van der Waals surface area contributed by atoms with Crippen molar-refractivity contribution in [3.05, 3.63) is 64.7 Å². The van der Waals surface area contributed by atoms with Crippen LogP contribution in [0.15, 0.2) is 47.5 Å². The van der Waals surface area contributed by atoms with E-state index in [0.29, 0.717) is 6.54 Å². The number of guanidine groups is 1. The molecule has 164 valence electrons. The summed E-state index contributed by atoms with van der Waals surface area (Å²) in [6.07, 6.45) is 0. The van der Waals surface area contributed by atoms with Gasteiger partial charge in [0.15, 0.2) is 5.96 Å². The van der Waals surface area contributed by atoms with Crippen LogP contribution in [0.4, 0.5) is 0 Å². The first-order chi connectivity index (χ1) is 14.2. The summed E-state index contributed by atoms with van der Waals surface area (Å²) in [5.41, 5.74) is 4.92. The Morgan fingerprint density at radius 1 is 1.03 bits per heavy atom. The summed E-state index contributed by atoms with van der Waals surface area (Å²) in [6.45, 7) is 8.01. The molecule has 0 bridgehead atoms. The number of aliphatic imine (C=N–C) groups is 1. The SMILES string of the molecule is CN=C(NCc1ccccc1CN1CCOCC1)NCc1ccc(C)cc1OC.I. The molecule has 0 radical (unpaired) electrons. The molecule has 2 aromatic rings. The van der Waals surface area contributed by atoms with Crippen LogP contribution in [0.5, 0.6) is 5.75 Å². The fourth-order valence-electron chi connectivity index (χ4n) is 3.46. The number of aryl methyl sites for hydroxylation is 1. The molecule has 6 nitrogen and oxygen atoms in total. The molecule has 0 atom stereocenters. The molecule has 2 N–H and O–H groups in total. The van der Waals surface area contributed by atoms with Crippen LogP contribution in [0.3, 0.4) is 0 Å². The van der Waals surface area contributed by atoms with Gasteiger partial charge in [-0.3, -0.25) is 9.89 Å². The number of nitrogens with zero attached hydrogens (tertiary/aromatic N) is 2. The summed E-state index contributed by atoms with van der Waals surface area (Å²) in [6, 6.07) is 14.8. The third kappa shape index (κ3) is 7.14. The average Bonchev–Trinajstić information content (AvgIpc) is 2.76. The van der Waals surface area contributed by atoms with Crippen LogP contribution in [0, 0.1) is 6.92 Å². The number of halogens is 1. The van der Waals surface area contributed by atoms with Gasteiger partial charge in [0, 0.05) is 45.3 Å². The van der Waals surface area contributed by atoms with Gasteiger partial charge in [0.1, 0.15) is 5.75 Å². The van der Waals surface area contributed by atoms with Gasteiger partial charge in [-0.15, -0.1) is 24.0 Å². The maximum Gasteiger partial charge on any atom is 0.191 e. The Morgan fingerprint density at radius 3 is 2.37 bits per heavy atom. The molecule has 0 unspecified atom stereocenters. The summed E-state index contributed by atoms with van der Waals surface area (Å²) in [5.74, 6) is 1.66. The third-order valence-electron chi connectivity index (χ3n) is 5.17. The number of hydrogen-bond acceptors (Lipinski definition) is 4. The van der Waals surface area contributed by atoms with Gasteiger partial charge in [-0.05, 0) is 29.7 Å². The van der Waals surface area contributed by atoms with Crippen LogP contribution in [0.25, 0.3) is 0 Å². The Kier molecular flexibility index (Phi) is 10.4. The van der Waals surface area contributed by atoms with Crippen LogP contribution < -0.4 is 15.4 Å². The van der Waals surface area contributed by atoms with Crippen LogP contribution in [0.2, 0.25) is 0 Å². The largest absolute Gasteiger partial charge is 0.496 e. The predicted octanol–water partition coefficient (Wildman–Crippen LogP) is 3.32. The molecular formula is C23H33IN4O2. The number of hydrogen-bond donors (Lipinski definition) is 2. The third-order valence-corrected chi connectivity index (χ3v) is 5.17. The van der Waals surface area contributed by atoms with Gasteiger partial charge in [-0.2, -0.15) is 0 Å². The highest BCUT2D eigenvalue weighted by molar-refractivity contribution is 14.0. The minimum Gasteiger partial charge on any atom is -0.496 e. The fourth-order valence-corrected chi connectivity index (χ4v) is 3.46. The van der Waals surface area contributed by atoms with Crippen LogP contribution in [0.1, 0.15) is 22.3 Å². The number of benzene rings is 2. The predicted molar refractivity (Wildman–Crippen MR) is 133 cm³/mol. The summed E-state index contributed by atoms with van der Waals surface area (Å²) in [7, 11) is 3.50. The average molecular weight is 524 g/mol. The molecule has 1 aliphatic rings. The minimum atomic E-state index is 0. The summed E-state index contributed by atoms with van der Waals surface area (Å²) in [4.78, 5) is 6.81. The summed E-state index contributed by atoms with van der Waals surface area (Å²) >= 11 is 0. The summed E-state index contributed by atoms with van der Waals surface area (Å²) in [5, 5.41) is 6.82. The van der Waals surface area contributed by atoms with Crippen LogP contribution in [-0.2, 0) is 24.4 Å². The maximum absolute atomic E-state index is 5.50. The van der Waals surface area contributed by atoms with Crippen molar-refractivity contribution in [1.82, 2.24) is 15.5 Å². The van der Waals surface area contributed by atoms with Gasteiger partial charge >= 0.3 is 0 Å². The normalized spacial score (nSPS) is 14.7. The second kappa shape index (κ2) is 12.8. The first kappa shape index (κ1) is 24.4. The van der Waals surface area contributed by atoms with E-state index in [4.69, 9.17) is 9.47 Å². The van der Waals surface area contributed by atoms with E-state index in [1.165, 1.54) is 16.7 Å². The molecule has 3 rings (SSSR count). The molecule has 7 heteroatoms. The highest BCUT2D eigenvalue weighted by Crippen LogP contribution is 2.19. The number of morpholine rings is 1. The zero-order valence-electron chi connectivity index (χ0n) is 18.1. The number of nitrogens with one attached hydrogen (secondary N) is 2. The second-order valence-electron chi connectivity index (χ2n) is 7.25. The number of rotatable bonds is 7. The van der Waals surface area contributed by atoms with Gasteiger partial charge in [-0.25, -0.2) is 0 Å². The summed E-state index contributed by atoms with van der Waals surface area (Å²) < 4.78 is 11.0. The van der Waals surface area contributed by atoms with E-state index in [1.54, 1.807) is 14.2 Å². The first-order valence-electron chi connectivity index (χ1n) is 10.1. The van der Waals surface area contributed by atoms with E-state index in [9.17, 15) is 0 Å². The zero-order chi connectivity index (χ0) is 20.5. The van der Waals surface area contributed by atoms with E-state index in [1.807, 2.05) is 0 Å². The molecule has 1 heterocycles. The van der Waals surface area contributed by atoms with E-state index in [-0.39, 0.29) is 24.0 Å². The Hall–Kier alpha value is -1.84. The lowest BCUT2D eigenvalue weighted by atomic mass is 10.1. The molecule has 0 saturated carbocycles. The molecule has 1 aliphatic heterocycles. The van der Waals surface area contributed by atoms with Gasteiger partial charge in [0.2, 0.25) is 0 Å². The highest BCUT2D eigenvalue weighted by atomic mass is 127. The smallest absolute Gasteiger partial charge is 0.191 e. The molecule has 0 aromatic heterocycles. The molecule has 0 amide bonds. The Balaban J connectivity index is 0.00000320. The molecule has 2 aromatic carbocycles. The van der Waals surface area contributed by atoms with Crippen molar-refractivity contribution in [3.63, 3.8) is 0 Å². The topological polar surface area (TPSA) is 58.1 Å². The van der Waals surface area contributed by atoms with Crippen molar-refractivity contribution < 1.29 is 9.47 Å². The highest BCUT2D eigenvalue weighted by Gasteiger charge is 2.13. The van der Waals surface area contributed by atoms with Gasteiger partial charge in [-0.1, -0.05) is 36.4 Å². The van der Waals surface area contributed by atoms with Crippen LogP contribution >= 0.6 is 24.0 Å². The van der Waals surface area contributed by atoms with Crippen molar-refractivity contribution in [2.24, 2.45) is 4.99 Å². The van der Waals surface area contributed by atoms with E-state index < -0.39 is 0 Å². The molecule has 0 spiro atoms. The van der Waals surface area contributed by atoms with Crippen molar-refractivity contribution in [2.45, 2.75) is 26.6 Å². The number of ether oxygens (including phenoxy) is 2. The second-order valence-corrected chi connectivity index (χ2v) is 7.25. The Bertz CT molecular complexity index is 823. The van der Waals surface area contributed by atoms with Crippen molar-refractivity contribution in [1.29, 1.82) is 0 Å². The van der Waals surface area contributed by atoms with Crippen molar-refractivity contribution in [2.75, 3.05) is 40.5 Å². The lowest BCUT2D eigenvalue weighted by molar-refractivity contribution is 0.0341. The van der Waals surface area contributed by atoms with Gasteiger partial charge in [0.05, 0.1) is 20.3 Å². The standard InChI is InChI=1S/C23H32N4O2.HI/c1-18-8-9-20(22(14-18)28-3)16-26-23(24-2)25-15-19-6-4-5-7-21(19)17-27-10-12-29-13-11-27;/h4-9,14H,10-13,15-17H2,1-3H3,(H2,24,25,26);1H. The first-order valence-corrected chi connectivity index (χ1v) is 10.1. The number of methoxy groups -OCH3 is 1. The maximum atomic E-state index is 5.50. The quantitative estimate of drug-likeness (QED) is 0.331. The Labute approximate surface area is 197 Å².